The van der Waals surface area contributed by atoms with Gasteiger partial charge in [-0.2, -0.15) is 5.26 Å². The average Bonchev–Trinajstić information content (AvgIpc) is 2.35. The zero-order valence-corrected chi connectivity index (χ0v) is 12.2. The van der Waals surface area contributed by atoms with Gasteiger partial charge in [0.15, 0.2) is 0 Å². The third-order valence-corrected chi connectivity index (χ3v) is 3.84. The molecule has 1 nitrogen and oxygen atoms in total. The molecule has 0 heterocycles. The maximum atomic E-state index is 8.95. The van der Waals surface area contributed by atoms with Crippen molar-refractivity contribution in [2.75, 3.05) is 0 Å². The molecule has 0 bridgehead atoms. The Labute approximate surface area is 112 Å². The highest BCUT2D eigenvalue weighted by Gasteiger charge is 2.09. The summed E-state index contributed by atoms with van der Waals surface area (Å²) < 4.78 is 0. The van der Waals surface area contributed by atoms with Crippen molar-refractivity contribution in [2.24, 2.45) is 11.8 Å². The van der Waals surface area contributed by atoms with Crippen molar-refractivity contribution in [2.45, 2.75) is 53.4 Å². The maximum Gasteiger partial charge on any atom is 0.0655 e. The van der Waals surface area contributed by atoms with Crippen LogP contribution in [0.25, 0.3) is 0 Å². The van der Waals surface area contributed by atoms with Gasteiger partial charge < -0.3 is 0 Å². The van der Waals surface area contributed by atoms with Crippen molar-refractivity contribution in [3.63, 3.8) is 0 Å². The Morgan fingerprint density at radius 3 is 2.44 bits per heavy atom. The molecule has 0 saturated heterocycles. The Morgan fingerprint density at radius 1 is 1.17 bits per heavy atom. The molecule has 2 unspecified atom stereocenters. The van der Waals surface area contributed by atoms with Gasteiger partial charge in [0, 0.05) is 5.92 Å². The lowest BCUT2D eigenvalue weighted by Gasteiger charge is -2.14. The molecule has 1 rings (SSSR count). The van der Waals surface area contributed by atoms with Crippen LogP contribution in [0.15, 0.2) is 18.2 Å². The first kappa shape index (κ1) is 14.8. The Kier molecular flexibility index (Phi) is 5.92. The number of benzene rings is 1. The van der Waals surface area contributed by atoms with Crippen molar-refractivity contribution in [1.82, 2.24) is 0 Å². The molecular formula is C17H25N. The topological polar surface area (TPSA) is 23.8 Å². The van der Waals surface area contributed by atoms with Gasteiger partial charge >= 0.3 is 0 Å². The first-order valence-electron chi connectivity index (χ1n) is 7.02. The predicted molar refractivity (Wildman–Crippen MR) is 77.4 cm³/mol. The van der Waals surface area contributed by atoms with E-state index >= 15 is 0 Å². The Hall–Kier alpha value is -1.29. The molecule has 0 N–H and O–H groups in total. The number of aryl methyl sites for hydroxylation is 2. The van der Waals surface area contributed by atoms with Gasteiger partial charge in [0.1, 0.15) is 0 Å². The van der Waals surface area contributed by atoms with Crippen molar-refractivity contribution in [3.8, 4) is 6.07 Å². The zero-order valence-electron chi connectivity index (χ0n) is 12.2. The van der Waals surface area contributed by atoms with Gasteiger partial charge in [-0.15, -0.1) is 0 Å². The van der Waals surface area contributed by atoms with Gasteiger partial charge in [0.25, 0.3) is 0 Å². The molecule has 0 fully saturated rings. The van der Waals surface area contributed by atoms with E-state index in [0.29, 0.717) is 5.92 Å². The molecule has 0 saturated carbocycles. The number of rotatable bonds is 6. The molecule has 1 heteroatoms. The molecule has 0 spiro atoms. The van der Waals surface area contributed by atoms with E-state index in [-0.39, 0.29) is 5.92 Å². The van der Waals surface area contributed by atoms with Crippen LogP contribution < -0.4 is 0 Å². The van der Waals surface area contributed by atoms with Gasteiger partial charge in [-0.05, 0) is 62.1 Å². The monoisotopic (exact) mass is 243 g/mol. The first-order valence-corrected chi connectivity index (χ1v) is 7.02. The summed E-state index contributed by atoms with van der Waals surface area (Å²) in [4.78, 5) is 0. The fraction of sp³-hybridized carbons (Fsp3) is 0.588. The number of nitrogens with zero attached hydrogens (tertiary/aromatic N) is 1. The van der Waals surface area contributed by atoms with Crippen LogP contribution in [0.4, 0.5) is 0 Å². The minimum Gasteiger partial charge on any atom is -0.198 e. The van der Waals surface area contributed by atoms with Crippen LogP contribution in [-0.2, 0) is 6.42 Å². The normalized spacial score (nSPS) is 13.9. The molecule has 0 amide bonds. The smallest absolute Gasteiger partial charge is 0.0655 e. The van der Waals surface area contributed by atoms with E-state index < -0.39 is 0 Å². The summed E-state index contributed by atoms with van der Waals surface area (Å²) in [5.74, 6) is 0.904. The van der Waals surface area contributed by atoms with Crippen LogP contribution in [0.5, 0.6) is 0 Å². The lowest BCUT2D eigenvalue weighted by molar-refractivity contribution is 0.452. The molecule has 18 heavy (non-hydrogen) atoms. The van der Waals surface area contributed by atoms with Crippen LogP contribution in [0.2, 0.25) is 0 Å². The SMILES string of the molecule is CCC(C#N)CCC(C)Cc1ccc(C)c(C)c1. The third-order valence-electron chi connectivity index (χ3n) is 3.84. The van der Waals surface area contributed by atoms with Gasteiger partial charge in [-0.25, -0.2) is 0 Å². The van der Waals surface area contributed by atoms with E-state index in [4.69, 9.17) is 5.26 Å². The number of hydrogen-bond acceptors (Lipinski definition) is 1. The lowest BCUT2D eigenvalue weighted by Crippen LogP contribution is -2.04. The number of hydrogen-bond donors (Lipinski definition) is 0. The van der Waals surface area contributed by atoms with Gasteiger partial charge in [-0.1, -0.05) is 32.0 Å². The van der Waals surface area contributed by atoms with Crippen LogP contribution >= 0.6 is 0 Å². The van der Waals surface area contributed by atoms with E-state index in [9.17, 15) is 0 Å². The molecule has 0 aliphatic heterocycles. The van der Waals surface area contributed by atoms with Crippen LogP contribution in [0, 0.1) is 37.0 Å². The van der Waals surface area contributed by atoms with Crippen LogP contribution in [0.3, 0.4) is 0 Å². The summed E-state index contributed by atoms with van der Waals surface area (Å²) in [5, 5.41) is 8.95. The molecule has 98 valence electrons. The summed E-state index contributed by atoms with van der Waals surface area (Å²) >= 11 is 0. The molecule has 0 aliphatic rings. The quantitative estimate of drug-likeness (QED) is 0.703. The molecule has 2 atom stereocenters. The fourth-order valence-corrected chi connectivity index (χ4v) is 2.28. The Bertz CT molecular complexity index is 414. The Balaban J connectivity index is 2.47. The van der Waals surface area contributed by atoms with Gasteiger partial charge in [-0.3, -0.25) is 0 Å². The highest BCUT2D eigenvalue weighted by molar-refractivity contribution is 5.30. The van der Waals surface area contributed by atoms with E-state index in [2.05, 4.69) is 52.0 Å². The summed E-state index contributed by atoms with van der Waals surface area (Å²) in [6, 6.07) is 9.13. The second-order valence-electron chi connectivity index (χ2n) is 5.54. The van der Waals surface area contributed by atoms with Crippen molar-refractivity contribution < 1.29 is 0 Å². The van der Waals surface area contributed by atoms with E-state index in [1.54, 1.807) is 0 Å². The molecular weight excluding hydrogens is 218 g/mol. The summed E-state index contributed by atoms with van der Waals surface area (Å²) in [6.45, 7) is 8.72. The lowest BCUT2D eigenvalue weighted by atomic mass is 9.91. The summed E-state index contributed by atoms with van der Waals surface area (Å²) in [7, 11) is 0. The zero-order chi connectivity index (χ0) is 13.5. The predicted octanol–water partition coefficient (Wildman–Crippen LogP) is 4.81. The molecule has 0 aromatic heterocycles. The van der Waals surface area contributed by atoms with Crippen LogP contribution in [-0.4, -0.2) is 0 Å². The average molecular weight is 243 g/mol. The van der Waals surface area contributed by atoms with E-state index in [1.807, 2.05) is 0 Å². The number of nitriles is 1. The highest BCUT2D eigenvalue weighted by atomic mass is 14.3. The van der Waals surface area contributed by atoms with E-state index in [0.717, 1.165) is 25.7 Å². The van der Waals surface area contributed by atoms with E-state index in [1.165, 1.54) is 16.7 Å². The van der Waals surface area contributed by atoms with Gasteiger partial charge in [0.05, 0.1) is 6.07 Å². The summed E-state index contributed by atoms with van der Waals surface area (Å²) in [5.41, 5.74) is 4.17. The minimum absolute atomic E-state index is 0.243. The molecule has 0 radical (unpaired) electrons. The largest absolute Gasteiger partial charge is 0.198 e. The van der Waals surface area contributed by atoms with Crippen molar-refractivity contribution in [3.05, 3.63) is 34.9 Å². The second-order valence-corrected chi connectivity index (χ2v) is 5.54. The molecule has 0 aliphatic carbocycles. The van der Waals surface area contributed by atoms with Crippen LogP contribution in [0.1, 0.15) is 49.8 Å². The molecule has 1 aromatic rings. The molecule has 1 aromatic carbocycles. The standard InChI is InChI=1S/C17H25N/c1-5-16(12-18)8-6-13(2)10-17-9-7-14(3)15(4)11-17/h7,9,11,13,16H,5-6,8,10H2,1-4H3. The summed E-state index contributed by atoms with van der Waals surface area (Å²) in [6.07, 6.45) is 4.30. The first-order chi connectivity index (χ1) is 8.56. The minimum atomic E-state index is 0.243. The maximum absolute atomic E-state index is 8.95. The van der Waals surface area contributed by atoms with Crippen molar-refractivity contribution in [1.29, 1.82) is 5.26 Å². The Morgan fingerprint density at radius 2 is 1.89 bits per heavy atom. The fourth-order valence-electron chi connectivity index (χ4n) is 2.28. The third kappa shape index (κ3) is 4.53. The van der Waals surface area contributed by atoms with Crippen molar-refractivity contribution >= 4 is 0 Å². The highest BCUT2D eigenvalue weighted by Crippen LogP contribution is 2.20. The second kappa shape index (κ2) is 7.21. The van der Waals surface area contributed by atoms with Gasteiger partial charge in [0.2, 0.25) is 0 Å².